The summed E-state index contributed by atoms with van der Waals surface area (Å²) < 4.78 is 22.3. The number of rotatable bonds is 7. The predicted octanol–water partition coefficient (Wildman–Crippen LogP) is 4.33. The first kappa shape index (κ1) is 17.6. The van der Waals surface area contributed by atoms with Crippen LogP contribution in [0.2, 0.25) is 0 Å². The maximum absolute atomic E-state index is 12.2. The van der Waals surface area contributed by atoms with Gasteiger partial charge >= 0.3 is 0 Å². The Labute approximate surface area is 141 Å². The lowest BCUT2D eigenvalue weighted by molar-refractivity contribution is 0.0591. The van der Waals surface area contributed by atoms with Crippen LogP contribution in [0.15, 0.2) is 63.9 Å². The van der Waals surface area contributed by atoms with Crippen LogP contribution in [0.5, 0.6) is 0 Å². The number of hydrogen-bond acceptors (Lipinski definition) is 2. The molecule has 0 aliphatic heterocycles. The van der Waals surface area contributed by atoms with Crippen molar-refractivity contribution in [3.05, 3.63) is 65.7 Å². The van der Waals surface area contributed by atoms with Crippen LogP contribution in [-0.2, 0) is 22.3 Å². The lowest BCUT2D eigenvalue weighted by Crippen LogP contribution is -2.21. The van der Waals surface area contributed by atoms with E-state index in [0.29, 0.717) is 11.5 Å². The van der Waals surface area contributed by atoms with Crippen molar-refractivity contribution >= 4 is 17.2 Å². The molecule has 3 nitrogen and oxygen atoms in total. The van der Waals surface area contributed by atoms with Gasteiger partial charge in [-0.25, -0.2) is 4.21 Å². The molecular formula is C19H23NO2S. The molecule has 0 fully saturated rings. The molecule has 2 aromatic carbocycles. The van der Waals surface area contributed by atoms with Crippen molar-refractivity contribution in [3.63, 3.8) is 0 Å². The summed E-state index contributed by atoms with van der Waals surface area (Å²) >= 11 is 0. The number of ether oxygens (including phenoxy) is 1. The summed E-state index contributed by atoms with van der Waals surface area (Å²) in [6.07, 6.45) is 1.51. The Morgan fingerprint density at radius 1 is 1.09 bits per heavy atom. The molecular weight excluding hydrogens is 306 g/mol. The van der Waals surface area contributed by atoms with E-state index in [9.17, 15) is 4.21 Å². The van der Waals surface area contributed by atoms with Gasteiger partial charge in [-0.3, -0.25) is 0 Å². The zero-order valence-corrected chi connectivity index (χ0v) is 14.6. The number of benzene rings is 2. The molecule has 23 heavy (non-hydrogen) atoms. The Hall–Kier alpha value is -1.78. The largest absolute Gasteiger partial charge is 0.368 e. The first-order chi connectivity index (χ1) is 11.1. The quantitative estimate of drug-likeness (QED) is 0.709. The minimum Gasteiger partial charge on any atom is -0.368 e. The molecule has 0 spiro atoms. The lowest BCUT2D eigenvalue weighted by Gasteiger charge is -2.17. The lowest BCUT2D eigenvalue weighted by atomic mass is 10.1. The van der Waals surface area contributed by atoms with Crippen molar-refractivity contribution in [3.8, 4) is 0 Å². The first-order valence-electron chi connectivity index (χ1n) is 7.74. The Morgan fingerprint density at radius 3 is 2.35 bits per heavy atom. The van der Waals surface area contributed by atoms with Crippen LogP contribution in [-0.4, -0.2) is 16.5 Å². The van der Waals surface area contributed by atoms with Crippen LogP contribution in [0.4, 0.5) is 0 Å². The Bertz CT molecular complexity index is 651. The number of aryl methyl sites for hydroxylation is 1. The minimum atomic E-state index is -1.39. The summed E-state index contributed by atoms with van der Waals surface area (Å²) in [6.45, 7) is 6.65. The Balaban J connectivity index is 1.98. The van der Waals surface area contributed by atoms with Crippen LogP contribution in [0.3, 0.4) is 0 Å². The fraction of sp³-hybridized carbons (Fsp3) is 0.316. The molecule has 0 saturated heterocycles. The molecule has 4 heteroatoms. The molecule has 0 saturated carbocycles. The van der Waals surface area contributed by atoms with E-state index in [1.807, 2.05) is 61.5 Å². The van der Waals surface area contributed by atoms with E-state index in [-0.39, 0.29) is 12.0 Å². The van der Waals surface area contributed by atoms with E-state index in [0.717, 1.165) is 11.1 Å². The third-order valence-electron chi connectivity index (χ3n) is 3.47. The fourth-order valence-corrected chi connectivity index (χ4v) is 2.73. The highest BCUT2D eigenvalue weighted by molar-refractivity contribution is 7.83. The van der Waals surface area contributed by atoms with Crippen LogP contribution >= 0.6 is 0 Å². The third kappa shape index (κ3) is 5.73. The van der Waals surface area contributed by atoms with E-state index in [4.69, 9.17) is 4.74 Å². The van der Waals surface area contributed by atoms with Crippen molar-refractivity contribution in [2.75, 3.05) is 0 Å². The second-order valence-corrected chi connectivity index (χ2v) is 7.00. The van der Waals surface area contributed by atoms with Gasteiger partial charge in [-0.1, -0.05) is 61.9 Å². The third-order valence-corrected chi connectivity index (χ3v) is 4.46. The van der Waals surface area contributed by atoms with E-state index >= 15 is 0 Å². The van der Waals surface area contributed by atoms with Gasteiger partial charge < -0.3 is 4.74 Å². The normalized spacial score (nSPS) is 14.3. The minimum absolute atomic E-state index is 0.162. The summed E-state index contributed by atoms with van der Waals surface area (Å²) in [6, 6.07) is 17.6. The molecule has 122 valence electrons. The van der Waals surface area contributed by atoms with Gasteiger partial charge in [0.1, 0.15) is 0 Å². The molecule has 0 amide bonds. The second-order valence-electron chi connectivity index (χ2n) is 5.82. The molecule has 2 atom stereocenters. The van der Waals surface area contributed by atoms with Crippen LogP contribution in [0.25, 0.3) is 0 Å². The van der Waals surface area contributed by atoms with E-state index in [1.54, 1.807) is 6.21 Å². The molecule has 0 aliphatic rings. The summed E-state index contributed by atoms with van der Waals surface area (Å²) in [5, 5.41) is 0. The Kier molecular flexibility index (Phi) is 6.68. The summed E-state index contributed by atoms with van der Waals surface area (Å²) in [4.78, 5) is 0.706. The van der Waals surface area contributed by atoms with Crippen molar-refractivity contribution in [1.82, 2.24) is 0 Å². The molecule has 0 bridgehead atoms. The maximum atomic E-state index is 12.2. The predicted molar refractivity (Wildman–Crippen MR) is 95.9 cm³/mol. The van der Waals surface area contributed by atoms with Crippen molar-refractivity contribution in [1.29, 1.82) is 0 Å². The van der Waals surface area contributed by atoms with Crippen molar-refractivity contribution in [2.45, 2.75) is 38.4 Å². The van der Waals surface area contributed by atoms with Gasteiger partial charge in [-0.2, -0.15) is 4.40 Å². The molecule has 0 N–H and O–H groups in total. The first-order valence-corrected chi connectivity index (χ1v) is 8.85. The molecule has 0 aromatic heterocycles. The van der Waals surface area contributed by atoms with E-state index in [2.05, 4.69) is 18.2 Å². The van der Waals surface area contributed by atoms with Crippen molar-refractivity contribution < 1.29 is 8.95 Å². The van der Waals surface area contributed by atoms with Gasteiger partial charge in [0.2, 0.25) is 0 Å². The standard InChI is InChI=1S/C19H23NO2S/c1-15(2)19(22-14-17-7-5-4-6-8-17)13-20-23(21)18-11-9-16(3)10-12-18/h4-13,15,19H,14H2,1-3H3/b20-13+/t19-,23-/m1/s1. The second kappa shape index (κ2) is 8.75. The van der Waals surface area contributed by atoms with Gasteiger partial charge in [-0.05, 0) is 30.5 Å². The summed E-state index contributed by atoms with van der Waals surface area (Å²) in [5.74, 6) is 0.262. The molecule has 0 aliphatic carbocycles. The highest BCUT2D eigenvalue weighted by atomic mass is 32.2. The molecule has 2 aromatic rings. The smallest absolute Gasteiger partial charge is 0.172 e. The van der Waals surface area contributed by atoms with E-state index in [1.165, 1.54) is 0 Å². The molecule has 2 rings (SSSR count). The van der Waals surface area contributed by atoms with Gasteiger partial charge in [0.05, 0.1) is 17.6 Å². The van der Waals surface area contributed by atoms with E-state index < -0.39 is 11.0 Å². The number of nitrogens with zero attached hydrogens (tertiary/aromatic N) is 1. The van der Waals surface area contributed by atoms with Gasteiger partial charge in [0.25, 0.3) is 0 Å². The molecule has 0 radical (unpaired) electrons. The van der Waals surface area contributed by atoms with Gasteiger partial charge in [0, 0.05) is 6.21 Å². The molecule has 0 unspecified atom stereocenters. The topological polar surface area (TPSA) is 38.7 Å². The van der Waals surface area contributed by atoms with Crippen molar-refractivity contribution in [2.24, 2.45) is 10.3 Å². The average Bonchev–Trinajstić information content (AvgIpc) is 2.56. The van der Waals surface area contributed by atoms with Gasteiger partial charge in [0.15, 0.2) is 11.0 Å². The Morgan fingerprint density at radius 2 is 1.74 bits per heavy atom. The summed E-state index contributed by atoms with van der Waals surface area (Å²) in [5.41, 5.74) is 2.26. The SMILES string of the molecule is Cc1ccc([S@@](=O)/N=C/[C@@H](OCc2ccccc2)C(C)C)cc1. The zero-order chi connectivity index (χ0) is 16.7. The van der Waals surface area contributed by atoms with Crippen LogP contribution in [0.1, 0.15) is 25.0 Å². The highest BCUT2D eigenvalue weighted by Gasteiger charge is 2.12. The molecule has 0 heterocycles. The fourth-order valence-electron chi connectivity index (χ4n) is 2.01. The highest BCUT2D eigenvalue weighted by Crippen LogP contribution is 2.12. The van der Waals surface area contributed by atoms with Crippen LogP contribution in [0, 0.1) is 12.8 Å². The van der Waals surface area contributed by atoms with Crippen LogP contribution < -0.4 is 0 Å². The maximum Gasteiger partial charge on any atom is 0.172 e. The summed E-state index contributed by atoms with van der Waals surface area (Å²) in [7, 11) is -1.39. The van der Waals surface area contributed by atoms with Gasteiger partial charge in [-0.15, -0.1) is 0 Å². The average molecular weight is 329 g/mol. The monoisotopic (exact) mass is 329 g/mol. The zero-order valence-electron chi connectivity index (χ0n) is 13.8. The number of hydrogen-bond donors (Lipinski definition) is 0.